The topological polar surface area (TPSA) is 107 Å². The van der Waals surface area contributed by atoms with Gasteiger partial charge in [0.25, 0.3) is 5.91 Å². The van der Waals surface area contributed by atoms with Crippen LogP contribution in [0.25, 0.3) is 33.5 Å². The molecule has 0 saturated carbocycles. The van der Waals surface area contributed by atoms with Crippen LogP contribution in [0.1, 0.15) is 31.1 Å². The molecule has 0 atom stereocenters. The largest absolute Gasteiger partial charge is 0.435 e. The van der Waals surface area contributed by atoms with Crippen LogP contribution in [0.3, 0.4) is 0 Å². The lowest BCUT2D eigenvalue weighted by Gasteiger charge is -2.20. The molecule has 1 aromatic carbocycles. The number of H-pyrrole nitrogens is 1. The summed E-state index contributed by atoms with van der Waals surface area (Å²) in [5.74, 6) is -0.313. The normalized spacial score (nSPS) is 12.5. The van der Waals surface area contributed by atoms with E-state index in [1.807, 2.05) is 20.8 Å². The van der Waals surface area contributed by atoms with Crippen molar-refractivity contribution in [1.82, 2.24) is 30.2 Å². The van der Waals surface area contributed by atoms with Crippen LogP contribution in [0, 0.1) is 0 Å². The highest BCUT2D eigenvalue weighted by molar-refractivity contribution is 6.76. The first-order valence-electron chi connectivity index (χ1n) is 11.6. The second-order valence-electron chi connectivity index (χ2n) is 10.8. The predicted molar refractivity (Wildman–Crippen MR) is 136 cm³/mol. The van der Waals surface area contributed by atoms with E-state index in [2.05, 4.69) is 44.9 Å². The first-order valence-corrected chi connectivity index (χ1v) is 15.3. The summed E-state index contributed by atoms with van der Waals surface area (Å²) in [5.41, 5.74) is 1.97. The fourth-order valence-electron chi connectivity index (χ4n) is 3.57. The molecule has 0 bridgehead atoms. The van der Waals surface area contributed by atoms with Crippen LogP contribution >= 0.6 is 0 Å². The predicted octanol–water partition coefficient (Wildman–Crippen LogP) is 4.87. The van der Waals surface area contributed by atoms with Gasteiger partial charge in [-0.25, -0.2) is 9.97 Å². The number of ether oxygens (including phenoxy) is 1. The van der Waals surface area contributed by atoms with Crippen LogP contribution in [0.15, 0.2) is 30.6 Å². The van der Waals surface area contributed by atoms with E-state index in [1.165, 1.54) is 23.1 Å². The number of nitrogens with one attached hydrogen (secondary N) is 2. The van der Waals surface area contributed by atoms with Gasteiger partial charge in [0.2, 0.25) is 0 Å². The first kappa shape index (κ1) is 25.5. The third-order valence-corrected chi connectivity index (χ3v) is 6.99. The summed E-state index contributed by atoms with van der Waals surface area (Å²) in [6.45, 7) is 9.97. The van der Waals surface area contributed by atoms with Crippen molar-refractivity contribution in [1.29, 1.82) is 0 Å². The zero-order chi connectivity index (χ0) is 26.3. The number of benzene rings is 1. The monoisotopic (exact) mass is 516 g/mol. The molecule has 3 aromatic heterocycles. The first-order chi connectivity index (χ1) is 16.8. The van der Waals surface area contributed by atoms with Crippen LogP contribution in [-0.4, -0.2) is 57.6 Å². The average molecular weight is 517 g/mol. The Morgan fingerprint density at radius 2 is 2.00 bits per heavy atom. The van der Waals surface area contributed by atoms with Gasteiger partial charge in [0.1, 0.15) is 29.3 Å². The van der Waals surface area contributed by atoms with Gasteiger partial charge in [-0.2, -0.15) is 18.6 Å². The summed E-state index contributed by atoms with van der Waals surface area (Å²) in [6.07, 6.45) is 3.11. The van der Waals surface area contributed by atoms with Gasteiger partial charge >= 0.3 is 6.61 Å². The van der Waals surface area contributed by atoms with Crippen molar-refractivity contribution in [2.75, 3.05) is 6.61 Å². The highest BCUT2D eigenvalue weighted by atomic mass is 28.3. The quantitative estimate of drug-likeness (QED) is 0.324. The third-order valence-electron chi connectivity index (χ3n) is 5.28. The van der Waals surface area contributed by atoms with Crippen molar-refractivity contribution in [2.45, 2.75) is 58.6 Å². The lowest BCUT2D eigenvalue weighted by molar-refractivity contribution is -0.0497. The van der Waals surface area contributed by atoms with Crippen LogP contribution in [0.4, 0.5) is 8.78 Å². The Morgan fingerprint density at radius 1 is 1.25 bits per heavy atom. The van der Waals surface area contributed by atoms with Gasteiger partial charge in [-0.3, -0.25) is 9.89 Å². The Bertz CT molecular complexity index is 1400. The van der Waals surface area contributed by atoms with E-state index in [1.54, 1.807) is 12.3 Å². The summed E-state index contributed by atoms with van der Waals surface area (Å²) in [7, 11) is -1.33. The van der Waals surface area contributed by atoms with Gasteiger partial charge < -0.3 is 14.9 Å². The van der Waals surface area contributed by atoms with E-state index >= 15 is 0 Å². The number of halogens is 2. The van der Waals surface area contributed by atoms with E-state index < -0.39 is 20.2 Å². The molecule has 0 saturated heterocycles. The molecule has 0 aliphatic carbocycles. The molecule has 0 unspecified atom stereocenters. The molecule has 4 rings (SSSR count). The van der Waals surface area contributed by atoms with Crippen LogP contribution in [0.2, 0.25) is 25.7 Å². The van der Waals surface area contributed by atoms with E-state index in [-0.39, 0.29) is 11.7 Å². The number of hydrogen-bond donors (Lipinski definition) is 2. The SMILES string of the molecule is CC(C)(C)NC(=O)c1cn(OCC[Si](C)(C)C)c2ncc(-c3n[nH]c4ccc(OC(F)F)cc34)nc12. The summed E-state index contributed by atoms with van der Waals surface area (Å²) in [5, 5.41) is 10.7. The number of hydrogen-bond acceptors (Lipinski definition) is 6. The standard InChI is InChI=1S/C24H30F2N6O3Si/c1-24(2,3)29-22(33)16-13-32(34-9-10-36(4,5)6)21-20(16)28-18(12-27-21)19-15-11-14(35-23(25)26)7-8-17(15)30-31-19/h7-8,11-13,23H,9-10H2,1-6H3,(H,29,33)(H,30,31). The zero-order valence-corrected chi connectivity index (χ0v) is 22.1. The molecule has 4 aromatic rings. The number of aromatic nitrogens is 5. The molecule has 0 spiro atoms. The van der Waals surface area contributed by atoms with Crippen molar-refractivity contribution in [3.05, 3.63) is 36.2 Å². The maximum atomic E-state index is 13.1. The van der Waals surface area contributed by atoms with Gasteiger partial charge in [-0.05, 0) is 45.0 Å². The van der Waals surface area contributed by atoms with Gasteiger partial charge in [0.15, 0.2) is 5.65 Å². The Morgan fingerprint density at radius 3 is 2.67 bits per heavy atom. The lowest BCUT2D eigenvalue weighted by atomic mass is 10.1. The van der Waals surface area contributed by atoms with Crippen molar-refractivity contribution in [3.63, 3.8) is 0 Å². The molecular weight excluding hydrogens is 486 g/mol. The van der Waals surface area contributed by atoms with Gasteiger partial charge in [0, 0.05) is 19.0 Å². The Labute approximate surface area is 208 Å². The third kappa shape index (κ3) is 5.81. The molecule has 1 amide bonds. The minimum atomic E-state index is -2.95. The highest BCUT2D eigenvalue weighted by Crippen LogP contribution is 2.30. The van der Waals surface area contributed by atoms with E-state index in [0.29, 0.717) is 45.6 Å². The van der Waals surface area contributed by atoms with Crippen molar-refractivity contribution in [2.24, 2.45) is 0 Å². The second kappa shape index (κ2) is 9.49. The van der Waals surface area contributed by atoms with E-state index in [9.17, 15) is 13.6 Å². The van der Waals surface area contributed by atoms with Gasteiger partial charge in [-0.15, -0.1) is 0 Å². The summed E-state index contributed by atoms with van der Waals surface area (Å²) < 4.78 is 31.5. The molecule has 3 heterocycles. The lowest BCUT2D eigenvalue weighted by Crippen LogP contribution is -2.40. The Hall–Kier alpha value is -3.54. The summed E-state index contributed by atoms with van der Waals surface area (Å²) in [4.78, 5) is 28.3. The van der Waals surface area contributed by atoms with Gasteiger partial charge in [-0.1, -0.05) is 19.6 Å². The van der Waals surface area contributed by atoms with Crippen LogP contribution in [0.5, 0.6) is 5.75 Å². The number of fused-ring (bicyclic) bond motifs is 2. The average Bonchev–Trinajstić information content (AvgIpc) is 3.32. The molecular formula is C24H30F2N6O3Si. The summed E-state index contributed by atoms with van der Waals surface area (Å²) in [6, 6.07) is 5.42. The van der Waals surface area contributed by atoms with Crippen LogP contribution < -0.4 is 14.9 Å². The van der Waals surface area contributed by atoms with Crippen molar-refractivity contribution >= 4 is 36.0 Å². The number of amides is 1. The van der Waals surface area contributed by atoms with Crippen molar-refractivity contribution in [3.8, 4) is 17.1 Å². The molecule has 192 valence electrons. The Kier molecular flexibility index (Phi) is 6.73. The maximum absolute atomic E-state index is 13.1. The molecule has 0 aliphatic heterocycles. The number of aromatic amines is 1. The molecule has 2 N–H and O–H groups in total. The Balaban J connectivity index is 1.78. The fraction of sp³-hybridized carbons (Fsp3) is 0.417. The number of rotatable bonds is 8. The van der Waals surface area contributed by atoms with Gasteiger partial charge in [0.05, 0.1) is 23.5 Å². The molecule has 12 heteroatoms. The van der Waals surface area contributed by atoms with E-state index in [4.69, 9.17) is 9.82 Å². The molecule has 0 aliphatic rings. The fourth-order valence-corrected chi connectivity index (χ4v) is 4.27. The number of alkyl halides is 2. The zero-order valence-electron chi connectivity index (χ0n) is 21.1. The molecule has 0 fully saturated rings. The van der Waals surface area contributed by atoms with E-state index in [0.717, 1.165) is 6.04 Å². The summed E-state index contributed by atoms with van der Waals surface area (Å²) >= 11 is 0. The molecule has 9 nitrogen and oxygen atoms in total. The highest BCUT2D eigenvalue weighted by Gasteiger charge is 2.24. The minimum absolute atomic E-state index is 0.00128. The number of nitrogens with zero attached hydrogens (tertiary/aromatic N) is 4. The van der Waals surface area contributed by atoms with Crippen LogP contribution in [-0.2, 0) is 0 Å². The minimum Gasteiger partial charge on any atom is -0.435 e. The molecule has 0 radical (unpaired) electrons. The van der Waals surface area contributed by atoms with Crippen molar-refractivity contribution < 1.29 is 23.1 Å². The smallest absolute Gasteiger partial charge is 0.387 e. The second-order valence-corrected chi connectivity index (χ2v) is 16.4. The maximum Gasteiger partial charge on any atom is 0.387 e. The number of carbonyl (C=O) groups is 1. The molecule has 36 heavy (non-hydrogen) atoms. The number of carbonyl (C=O) groups excluding carboxylic acids is 1.